The summed E-state index contributed by atoms with van der Waals surface area (Å²) in [6.07, 6.45) is 1.50. The zero-order valence-electron chi connectivity index (χ0n) is 16.1. The zero-order valence-corrected chi connectivity index (χ0v) is 16.9. The molecule has 3 N–H and O–H groups in total. The van der Waals surface area contributed by atoms with Crippen molar-refractivity contribution in [1.29, 1.82) is 0 Å². The molecule has 0 aliphatic rings. The van der Waals surface area contributed by atoms with Gasteiger partial charge in [-0.15, -0.1) is 4.36 Å². The molecule has 0 bridgehead atoms. The second kappa shape index (κ2) is 8.14. The molecular weight excluding hydrogens is 367 g/mol. The molecule has 1 aromatic carbocycles. The number of nitrogens with zero attached hydrogens (tertiary/aromatic N) is 2. The average molecular weight is 393 g/mol. The van der Waals surface area contributed by atoms with Gasteiger partial charge in [0.2, 0.25) is 0 Å². The summed E-state index contributed by atoms with van der Waals surface area (Å²) in [5.41, 5.74) is 2.62. The quantitative estimate of drug-likeness (QED) is 0.788. The molecule has 0 saturated heterocycles. The number of halogens is 1. The van der Waals surface area contributed by atoms with E-state index in [-0.39, 0.29) is 22.7 Å². The van der Waals surface area contributed by atoms with E-state index in [4.69, 9.17) is 5.14 Å². The molecule has 0 radical (unpaired) electrons. The molecule has 6 nitrogen and oxygen atoms in total. The van der Waals surface area contributed by atoms with Crippen LogP contribution in [0.25, 0.3) is 0 Å². The highest BCUT2D eigenvalue weighted by Crippen LogP contribution is 2.33. The summed E-state index contributed by atoms with van der Waals surface area (Å²) < 4.78 is 30.2. The highest BCUT2D eigenvalue weighted by molar-refractivity contribution is 7.91. The van der Waals surface area contributed by atoms with Gasteiger partial charge in [0.1, 0.15) is 5.82 Å². The number of carbonyl (C=O) groups excluding carboxylic acids is 1. The van der Waals surface area contributed by atoms with Crippen molar-refractivity contribution >= 4 is 21.6 Å². The fourth-order valence-corrected chi connectivity index (χ4v) is 3.48. The lowest BCUT2D eigenvalue weighted by molar-refractivity contribution is 0.260. The van der Waals surface area contributed by atoms with Crippen LogP contribution in [0, 0.1) is 12.7 Å². The average Bonchev–Trinajstić information content (AvgIpc) is 2.55. The first-order valence-electron chi connectivity index (χ1n) is 8.63. The molecular formula is C19H25FN4O2S. The number of pyridine rings is 1. The van der Waals surface area contributed by atoms with Crippen LogP contribution in [0.15, 0.2) is 39.9 Å². The number of rotatable bonds is 4. The lowest BCUT2D eigenvalue weighted by atomic mass is 9.92. The molecule has 2 amide bonds. The molecule has 146 valence electrons. The van der Waals surface area contributed by atoms with Gasteiger partial charge in [0.25, 0.3) is 0 Å². The maximum absolute atomic E-state index is 14.0. The van der Waals surface area contributed by atoms with Crippen LogP contribution in [0.3, 0.4) is 0 Å². The van der Waals surface area contributed by atoms with Crippen molar-refractivity contribution in [3.63, 3.8) is 0 Å². The Bertz CT molecular complexity index is 933. The number of urea groups is 1. The van der Waals surface area contributed by atoms with Gasteiger partial charge in [-0.3, -0.25) is 0 Å². The van der Waals surface area contributed by atoms with E-state index in [0.29, 0.717) is 16.8 Å². The van der Waals surface area contributed by atoms with Crippen molar-refractivity contribution in [2.24, 2.45) is 9.50 Å². The van der Waals surface area contributed by atoms with Crippen molar-refractivity contribution < 1.29 is 13.4 Å². The Labute approximate surface area is 159 Å². The first-order valence-corrected chi connectivity index (χ1v) is 10.2. The van der Waals surface area contributed by atoms with E-state index in [0.717, 1.165) is 5.56 Å². The van der Waals surface area contributed by atoms with E-state index in [1.54, 1.807) is 6.07 Å². The Morgan fingerprint density at radius 3 is 2.19 bits per heavy atom. The molecule has 0 aliphatic carbocycles. The normalized spacial score (nSPS) is 13.5. The molecule has 2 aromatic rings. The van der Waals surface area contributed by atoms with Crippen molar-refractivity contribution in [2.45, 2.75) is 51.5 Å². The molecule has 1 heterocycles. The molecule has 0 fully saturated rings. The van der Waals surface area contributed by atoms with Gasteiger partial charge >= 0.3 is 6.03 Å². The Hall–Kier alpha value is -2.32. The summed E-state index contributed by atoms with van der Waals surface area (Å²) in [6.45, 7) is 9.41. The first-order chi connectivity index (χ1) is 12.5. The predicted octanol–water partition coefficient (Wildman–Crippen LogP) is 4.71. The van der Waals surface area contributed by atoms with E-state index in [1.165, 1.54) is 24.4 Å². The molecule has 27 heavy (non-hydrogen) atoms. The van der Waals surface area contributed by atoms with E-state index < -0.39 is 15.9 Å². The second-order valence-electron chi connectivity index (χ2n) is 7.03. The van der Waals surface area contributed by atoms with Crippen LogP contribution in [0.1, 0.15) is 56.2 Å². The summed E-state index contributed by atoms with van der Waals surface area (Å²) in [6, 6.07) is 5.07. The van der Waals surface area contributed by atoms with Crippen LogP contribution in [-0.2, 0) is 9.92 Å². The smallest absolute Gasteiger partial charge is 0.305 e. The summed E-state index contributed by atoms with van der Waals surface area (Å²) in [7, 11) is -3.49. The number of benzene rings is 1. The van der Waals surface area contributed by atoms with E-state index in [1.807, 2.05) is 34.6 Å². The maximum atomic E-state index is 14.0. The van der Waals surface area contributed by atoms with Crippen LogP contribution in [-0.4, -0.2) is 15.2 Å². The lowest BCUT2D eigenvalue weighted by Crippen LogP contribution is -2.20. The van der Waals surface area contributed by atoms with E-state index in [9.17, 15) is 13.4 Å². The molecule has 8 heteroatoms. The first kappa shape index (κ1) is 21.0. The fraction of sp³-hybridized carbons (Fsp3) is 0.368. The van der Waals surface area contributed by atoms with Gasteiger partial charge in [-0.25, -0.2) is 23.5 Å². The van der Waals surface area contributed by atoms with Gasteiger partial charge in [0.05, 0.1) is 0 Å². The summed E-state index contributed by atoms with van der Waals surface area (Å²) >= 11 is 0. The van der Waals surface area contributed by atoms with Crippen LogP contribution in [0.4, 0.5) is 14.9 Å². The third kappa shape index (κ3) is 5.11. The molecule has 1 atom stereocenters. The number of anilines is 1. The number of aryl methyl sites for hydroxylation is 1. The number of hydrogen-bond acceptors (Lipinski definition) is 3. The highest BCUT2D eigenvalue weighted by atomic mass is 32.2. The van der Waals surface area contributed by atoms with Crippen LogP contribution < -0.4 is 10.5 Å². The summed E-state index contributed by atoms with van der Waals surface area (Å²) in [5.74, 6) is -0.437. The van der Waals surface area contributed by atoms with Crippen molar-refractivity contribution in [2.75, 3.05) is 5.32 Å². The molecule has 0 aliphatic heterocycles. The number of carbonyl (C=O) groups is 1. The highest BCUT2D eigenvalue weighted by Gasteiger charge is 2.19. The second-order valence-corrected chi connectivity index (χ2v) is 8.77. The zero-order chi connectivity index (χ0) is 20.4. The third-order valence-electron chi connectivity index (χ3n) is 4.04. The Morgan fingerprint density at radius 1 is 1.19 bits per heavy atom. The van der Waals surface area contributed by atoms with Gasteiger partial charge in [0.15, 0.2) is 14.9 Å². The Morgan fingerprint density at radius 2 is 1.74 bits per heavy atom. The van der Waals surface area contributed by atoms with Crippen molar-refractivity contribution in [1.82, 2.24) is 4.98 Å². The summed E-state index contributed by atoms with van der Waals surface area (Å²) in [4.78, 5) is 16.4. The van der Waals surface area contributed by atoms with E-state index in [2.05, 4.69) is 14.7 Å². The number of amides is 2. The van der Waals surface area contributed by atoms with Crippen molar-refractivity contribution in [3.05, 3.63) is 53.0 Å². The monoisotopic (exact) mass is 392 g/mol. The molecule has 1 aromatic heterocycles. The minimum absolute atomic E-state index is 0.0236. The predicted molar refractivity (Wildman–Crippen MR) is 106 cm³/mol. The topological polar surface area (TPSA) is 97.4 Å². The number of nitrogens with two attached hydrogens (primary N) is 1. The van der Waals surface area contributed by atoms with Gasteiger partial charge in [0, 0.05) is 11.9 Å². The van der Waals surface area contributed by atoms with E-state index >= 15 is 0 Å². The molecule has 2 rings (SSSR count). The third-order valence-corrected chi connectivity index (χ3v) is 5.32. The van der Waals surface area contributed by atoms with Crippen LogP contribution >= 0.6 is 0 Å². The van der Waals surface area contributed by atoms with Crippen LogP contribution in [0.2, 0.25) is 0 Å². The van der Waals surface area contributed by atoms with Crippen LogP contribution in [0.5, 0.6) is 0 Å². The largest absolute Gasteiger partial charge is 0.354 e. The minimum Gasteiger partial charge on any atom is -0.305 e. The maximum Gasteiger partial charge on any atom is 0.354 e. The number of aromatic nitrogens is 1. The minimum atomic E-state index is -3.49. The van der Waals surface area contributed by atoms with Gasteiger partial charge in [-0.1, -0.05) is 33.8 Å². The lowest BCUT2D eigenvalue weighted by Gasteiger charge is -2.19. The standard InChI is InChI=1S/C19H25FN4O2S/c1-11(2)15-8-14(20)9-16(12(3)4)18(15)23-19(25)24-27(21,26)17-7-6-13(5)10-22-17/h6-12H,1-5H3,(H3,21,23,24,25,26). The molecule has 0 spiro atoms. The molecule has 1 unspecified atom stereocenters. The van der Waals surface area contributed by atoms with Gasteiger partial charge < -0.3 is 5.32 Å². The summed E-state index contributed by atoms with van der Waals surface area (Å²) in [5, 5.41) is 8.41. The number of hydrogen-bond donors (Lipinski definition) is 2. The van der Waals surface area contributed by atoms with Crippen molar-refractivity contribution in [3.8, 4) is 0 Å². The fourth-order valence-electron chi connectivity index (χ4n) is 2.63. The van der Waals surface area contributed by atoms with Gasteiger partial charge in [-0.05, 0) is 53.6 Å². The molecule has 0 saturated carbocycles. The Balaban J connectivity index is 2.45. The Kier molecular flexibility index (Phi) is 6.33. The SMILES string of the molecule is Cc1ccc(S(N)(=O)=NC(=O)Nc2c(C(C)C)cc(F)cc2C(C)C)nc1. The number of nitrogens with one attached hydrogen (secondary N) is 1. The van der Waals surface area contributed by atoms with Gasteiger partial charge in [-0.2, -0.15) is 0 Å².